The summed E-state index contributed by atoms with van der Waals surface area (Å²) in [7, 11) is 0. The van der Waals surface area contributed by atoms with Gasteiger partial charge in [-0.1, -0.05) is 41.9 Å². The summed E-state index contributed by atoms with van der Waals surface area (Å²) in [5.74, 6) is -0.337. The molecule has 0 saturated carbocycles. The lowest BCUT2D eigenvalue weighted by Crippen LogP contribution is -1.86. The molecule has 2 rings (SSSR count). The number of hydrogen-bond acceptors (Lipinski definition) is 0. The molecule has 2 aromatic carbocycles. The van der Waals surface area contributed by atoms with Crippen LogP contribution in [0.15, 0.2) is 42.5 Å². The van der Waals surface area contributed by atoms with Gasteiger partial charge in [0.1, 0.15) is 5.82 Å². The van der Waals surface area contributed by atoms with Gasteiger partial charge in [-0.15, -0.1) is 0 Å². The number of halogens is 2. The molecule has 0 amide bonds. The van der Waals surface area contributed by atoms with E-state index in [0.29, 0.717) is 5.56 Å². The monoisotopic (exact) mass is 220 g/mol. The van der Waals surface area contributed by atoms with Crippen molar-refractivity contribution in [1.82, 2.24) is 0 Å². The Balaban J connectivity index is 2.56. The Bertz CT molecular complexity index is 454. The van der Waals surface area contributed by atoms with Gasteiger partial charge >= 0.3 is 0 Å². The van der Waals surface area contributed by atoms with Crippen molar-refractivity contribution in [3.63, 3.8) is 0 Å². The Kier molecular flexibility index (Phi) is 2.74. The Hall–Kier alpha value is -1.34. The SMILES string of the molecule is Cc1cc(-c2ccccc2)cc(Cl)c1F. The van der Waals surface area contributed by atoms with E-state index in [-0.39, 0.29) is 10.8 Å². The third-order valence-electron chi connectivity index (χ3n) is 2.32. The average Bonchev–Trinajstić information content (AvgIpc) is 2.26. The van der Waals surface area contributed by atoms with E-state index >= 15 is 0 Å². The van der Waals surface area contributed by atoms with Gasteiger partial charge in [0, 0.05) is 0 Å². The Morgan fingerprint density at radius 1 is 1.00 bits per heavy atom. The molecule has 0 aliphatic carbocycles. The number of rotatable bonds is 1. The minimum atomic E-state index is -0.337. The first-order valence-corrected chi connectivity index (χ1v) is 5.07. The summed E-state index contributed by atoms with van der Waals surface area (Å²) in [5.41, 5.74) is 2.56. The van der Waals surface area contributed by atoms with Crippen molar-refractivity contribution in [3.05, 3.63) is 58.9 Å². The molecule has 0 heterocycles. The summed E-state index contributed by atoms with van der Waals surface area (Å²) < 4.78 is 13.3. The molecule has 2 aromatic rings. The summed E-state index contributed by atoms with van der Waals surface area (Å²) >= 11 is 5.79. The molecule has 0 N–H and O–H groups in total. The highest BCUT2D eigenvalue weighted by Crippen LogP contribution is 2.27. The van der Waals surface area contributed by atoms with Gasteiger partial charge in [0.05, 0.1) is 5.02 Å². The van der Waals surface area contributed by atoms with Crippen LogP contribution in [-0.2, 0) is 0 Å². The van der Waals surface area contributed by atoms with Gasteiger partial charge in [-0.3, -0.25) is 0 Å². The maximum atomic E-state index is 13.3. The molecule has 0 fully saturated rings. The fourth-order valence-corrected chi connectivity index (χ4v) is 1.79. The van der Waals surface area contributed by atoms with E-state index in [1.165, 1.54) is 0 Å². The average molecular weight is 221 g/mol. The zero-order valence-electron chi connectivity index (χ0n) is 8.30. The molecular weight excluding hydrogens is 211 g/mol. The molecular formula is C13H10ClF. The van der Waals surface area contributed by atoms with Gasteiger partial charge in [-0.2, -0.15) is 0 Å². The van der Waals surface area contributed by atoms with Gasteiger partial charge in [0.15, 0.2) is 0 Å². The van der Waals surface area contributed by atoms with Crippen molar-refractivity contribution in [3.8, 4) is 11.1 Å². The van der Waals surface area contributed by atoms with Crippen LogP contribution >= 0.6 is 11.6 Å². The van der Waals surface area contributed by atoms with Crippen LogP contribution in [0, 0.1) is 12.7 Å². The van der Waals surface area contributed by atoms with Gasteiger partial charge < -0.3 is 0 Å². The molecule has 0 nitrogen and oxygen atoms in total. The topological polar surface area (TPSA) is 0 Å². The molecule has 0 aromatic heterocycles. The van der Waals surface area contributed by atoms with E-state index in [0.717, 1.165) is 11.1 Å². The van der Waals surface area contributed by atoms with Crippen LogP contribution in [-0.4, -0.2) is 0 Å². The van der Waals surface area contributed by atoms with Crippen LogP contribution in [0.5, 0.6) is 0 Å². The first-order chi connectivity index (χ1) is 7.18. The molecule has 15 heavy (non-hydrogen) atoms. The maximum Gasteiger partial charge on any atom is 0.144 e. The number of hydrogen-bond donors (Lipinski definition) is 0. The number of benzene rings is 2. The summed E-state index contributed by atoms with van der Waals surface area (Å²) in [6, 6.07) is 13.2. The fourth-order valence-electron chi connectivity index (χ4n) is 1.52. The predicted molar refractivity (Wildman–Crippen MR) is 61.6 cm³/mol. The molecule has 76 valence electrons. The van der Waals surface area contributed by atoms with Crippen LogP contribution in [0.4, 0.5) is 4.39 Å². The van der Waals surface area contributed by atoms with Crippen molar-refractivity contribution in [1.29, 1.82) is 0 Å². The predicted octanol–water partition coefficient (Wildman–Crippen LogP) is 4.45. The zero-order chi connectivity index (χ0) is 10.8. The first kappa shape index (κ1) is 10.2. The maximum absolute atomic E-state index is 13.3. The van der Waals surface area contributed by atoms with E-state index in [2.05, 4.69) is 0 Å². The Morgan fingerprint density at radius 2 is 1.67 bits per heavy atom. The summed E-state index contributed by atoms with van der Waals surface area (Å²) in [4.78, 5) is 0. The van der Waals surface area contributed by atoms with Crippen LogP contribution < -0.4 is 0 Å². The van der Waals surface area contributed by atoms with E-state index < -0.39 is 0 Å². The third kappa shape index (κ3) is 2.02. The second-order valence-corrected chi connectivity index (χ2v) is 3.86. The summed E-state index contributed by atoms with van der Waals surface area (Å²) in [5, 5.41) is 0.175. The number of aryl methyl sites for hydroxylation is 1. The Morgan fingerprint density at radius 3 is 2.27 bits per heavy atom. The third-order valence-corrected chi connectivity index (χ3v) is 2.59. The molecule has 0 aliphatic heterocycles. The molecule has 0 saturated heterocycles. The molecule has 0 unspecified atom stereocenters. The van der Waals surface area contributed by atoms with Gasteiger partial charge in [0.25, 0.3) is 0 Å². The molecule has 0 spiro atoms. The van der Waals surface area contributed by atoms with Crippen molar-refractivity contribution in [2.45, 2.75) is 6.92 Å². The van der Waals surface area contributed by atoms with Crippen molar-refractivity contribution in [2.75, 3.05) is 0 Å². The Labute approximate surface area is 93.3 Å². The molecule has 0 radical (unpaired) electrons. The first-order valence-electron chi connectivity index (χ1n) is 4.69. The van der Waals surface area contributed by atoms with E-state index in [9.17, 15) is 4.39 Å². The molecule has 0 bridgehead atoms. The van der Waals surface area contributed by atoms with Gasteiger partial charge in [-0.25, -0.2) is 4.39 Å². The van der Waals surface area contributed by atoms with E-state index in [1.807, 2.05) is 30.3 Å². The minimum absolute atomic E-state index is 0.175. The molecule has 0 atom stereocenters. The zero-order valence-corrected chi connectivity index (χ0v) is 9.05. The molecule has 2 heteroatoms. The highest BCUT2D eigenvalue weighted by molar-refractivity contribution is 6.31. The highest BCUT2D eigenvalue weighted by atomic mass is 35.5. The lowest BCUT2D eigenvalue weighted by molar-refractivity contribution is 0.619. The van der Waals surface area contributed by atoms with Crippen molar-refractivity contribution >= 4 is 11.6 Å². The second kappa shape index (κ2) is 4.03. The van der Waals surface area contributed by atoms with E-state index in [4.69, 9.17) is 11.6 Å². The fraction of sp³-hybridized carbons (Fsp3) is 0.0769. The van der Waals surface area contributed by atoms with Crippen molar-refractivity contribution in [2.24, 2.45) is 0 Å². The smallest absolute Gasteiger partial charge is 0.144 e. The van der Waals surface area contributed by atoms with Crippen LogP contribution in [0.25, 0.3) is 11.1 Å². The lowest BCUT2D eigenvalue weighted by atomic mass is 10.0. The van der Waals surface area contributed by atoms with E-state index in [1.54, 1.807) is 19.1 Å². The molecule has 0 aliphatic rings. The van der Waals surface area contributed by atoms with Gasteiger partial charge in [0.2, 0.25) is 0 Å². The summed E-state index contributed by atoms with van der Waals surface area (Å²) in [6.45, 7) is 1.72. The summed E-state index contributed by atoms with van der Waals surface area (Å²) in [6.07, 6.45) is 0. The van der Waals surface area contributed by atoms with Crippen LogP contribution in [0.2, 0.25) is 5.02 Å². The normalized spacial score (nSPS) is 10.3. The minimum Gasteiger partial charge on any atom is -0.205 e. The van der Waals surface area contributed by atoms with Crippen LogP contribution in [0.1, 0.15) is 5.56 Å². The van der Waals surface area contributed by atoms with Crippen LogP contribution in [0.3, 0.4) is 0 Å². The largest absolute Gasteiger partial charge is 0.205 e. The second-order valence-electron chi connectivity index (χ2n) is 3.45. The van der Waals surface area contributed by atoms with Gasteiger partial charge in [-0.05, 0) is 35.7 Å². The standard InChI is InChI=1S/C13H10ClF/c1-9-7-11(8-12(14)13(9)15)10-5-3-2-4-6-10/h2-8H,1H3. The quantitative estimate of drug-likeness (QED) is 0.666. The lowest BCUT2D eigenvalue weighted by Gasteiger charge is -2.05. The highest BCUT2D eigenvalue weighted by Gasteiger charge is 2.06. The van der Waals surface area contributed by atoms with Crippen molar-refractivity contribution < 1.29 is 4.39 Å².